The highest BCUT2D eigenvalue weighted by Gasteiger charge is 2.46. The van der Waals surface area contributed by atoms with Gasteiger partial charge in [-0.2, -0.15) is 0 Å². The van der Waals surface area contributed by atoms with Crippen molar-refractivity contribution in [2.45, 2.75) is 255 Å². The summed E-state index contributed by atoms with van der Waals surface area (Å²) in [6.07, 6.45) is 1.63. The van der Waals surface area contributed by atoms with E-state index in [2.05, 4.69) is 10.6 Å². The number of likely N-dealkylation sites (N-methyl/N-ethyl adjacent to an activating group) is 7. The maximum absolute atomic E-state index is 15.1. The number of Topliss-reactive ketones (excluding diaryl/α,β-unsaturated/α-hetero) is 2. The zero-order valence-electron chi connectivity index (χ0n) is 63.7. The Morgan fingerprint density at radius 1 is 0.536 bits per heavy atom. The van der Waals surface area contributed by atoms with Gasteiger partial charge < -0.3 is 64.8 Å². The summed E-state index contributed by atoms with van der Waals surface area (Å²) < 4.78 is 11.6. The minimum Gasteiger partial charge on any atom is -0.480 e. The van der Waals surface area contributed by atoms with Crippen molar-refractivity contribution in [2.75, 3.05) is 69.1 Å². The van der Waals surface area contributed by atoms with Gasteiger partial charge in [-0.05, 0) is 122 Å². The summed E-state index contributed by atoms with van der Waals surface area (Å²) >= 11 is 0. The largest absolute Gasteiger partial charge is 0.480 e. The second-order valence-electron chi connectivity index (χ2n) is 29.5. The van der Waals surface area contributed by atoms with Gasteiger partial charge in [0.2, 0.25) is 47.3 Å². The standard InChI is InChI=1S/C71H127N9O17/c1-27-29-32-46(13)61(86)60(63(88)73-51(28-2)66(91)74(20)40-57(84)85)79(25)69(94)58(45(11)12)78(24)68(93)54(37-43(7)8)77(23)67(92)53(36-42(5)6)76(22)64(89)48(15)72-62(87)47(14)38-55(82)52(35-41(3)4)75(21)65(90)50(44(9)10)39-56(83)59(49(16)96-34-31-30-33-81)80(26)70(95)97-71(17,18)19/h27,29,41-54,58-61,81,86H,28,30-40H2,1-26H3,(H,72,87)(H,73,88)(H,84,85)/b29-27+/t46-,47-,48-,49+,50+,51+,52-,53+,54+,58+,59+,60+,61-/m1/s1. The molecule has 0 spiro atoms. The summed E-state index contributed by atoms with van der Waals surface area (Å²) in [5, 5.41) is 35.9. The third-order valence-corrected chi connectivity index (χ3v) is 17.6. The van der Waals surface area contributed by atoms with Crippen molar-refractivity contribution in [1.82, 2.24) is 44.9 Å². The van der Waals surface area contributed by atoms with Crippen LogP contribution in [0.25, 0.3) is 0 Å². The summed E-state index contributed by atoms with van der Waals surface area (Å²) in [6, 6.07) is -9.87. The molecule has 0 fully saturated rings. The predicted molar refractivity (Wildman–Crippen MR) is 372 cm³/mol. The number of aliphatic hydroxyl groups is 2. The Labute approximate surface area is 580 Å². The van der Waals surface area contributed by atoms with Gasteiger partial charge in [0.25, 0.3) is 0 Å². The minimum absolute atomic E-state index is 0.0459. The molecule has 0 bridgehead atoms. The van der Waals surface area contributed by atoms with Crippen molar-refractivity contribution in [3.63, 3.8) is 0 Å². The minimum atomic E-state index is -1.60. The van der Waals surface area contributed by atoms with Crippen LogP contribution in [0.15, 0.2) is 12.2 Å². The van der Waals surface area contributed by atoms with Gasteiger partial charge in [-0.1, -0.05) is 102 Å². The van der Waals surface area contributed by atoms with E-state index in [1.54, 1.807) is 88.3 Å². The Morgan fingerprint density at radius 3 is 1.47 bits per heavy atom. The first-order valence-corrected chi connectivity index (χ1v) is 34.6. The summed E-state index contributed by atoms with van der Waals surface area (Å²) in [7, 11) is 9.81. The first-order chi connectivity index (χ1) is 44.7. The number of hydrogen-bond donors (Lipinski definition) is 5. The van der Waals surface area contributed by atoms with E-state index in [9.17, 15) is 58.5 Å². The lowest BCUT2D eigenvalue weighted by Crippen LogP contribution is -2.63. The molecule has 558 valence electrons. The zero-order valence-corrected chi connectivity index (χ0v) is 63.7. The lowest BCUT2D eigenvalue weighted by atomic mass is 9.85. The van der Waals surface area contributed by atoms with E-state index < -0.39 is 173 Å². The maximum atomic E-state index is 15.1. The van der Waals surface area contributed by atoms with Gasteiger partial charge in [0.05, 0.1) is 18.2 Å². The molecule has 0 saturated heterocycles. The van der Waals surface area contributed by atoms with E-state index in [1.165, 1.54) is 87.7 Å². The van der Waals surface area contributed by atoms with Crippen LogP contribution in [0.2, 0.25) is 0 Å². The molecule has 26 nitrogen and oxygen atoms in total. The predicted octanol–water partition coefficient (Wildman–Crippen LogP) is 6.06. The third-order valence-electron chi connectivity index (χ3n) is 17.6. The topological polar surface area (TPSA) is 331 Å². The number of unbranched alkanes of at least 4 members (excludes halogenated alkanes) is 1. The van der Waals surface area contributed by atoms with E-state index in [0.717, 1.165) is 9.80 Å². The number of ketones is 2. The second-order valence-corrected chi connectivity index (χ2v) is 29.5. The fraction of sp³-hybridized carbons (Fsp3) is 0.803. The van der Waals surface area contributed by atoms with E-state index in [0.29, 0.717) is 19.3 Å². The number of carbonyl (C=O) groups excluding carboxylic acids is 11. The molecule has 26 heteroatoms. The molecule has 97 heavy (non-hydrogen) atoms. The van der Waals surface area contributed by atoms with Crippen molar-refractivity contribution in [1.29, 1.82) is 0 Å². The van der Waals surface area contributed by atoms with Crippen LogP contribution in [-0.4, -0.2) is 256 Å². The number of rotatable bonds is 43. The van der Waals surface area contributed by atoms with E-state index in [1.807, 2.05) is 41.5 Å². The lowest BCUT2D eigenvalue weighted by Gasteiger charge is -2.41. The number of carboxylic acid groups (broad SMARTS) is 1. The number of carbonyl (C=O) groups is 12. The summed E-state index contributed by atoms with van der Waals surface area (Å²) in [5.41, 5.74) is -0.881. The molecule has 5 N–H and O–H groups in total. The molecule has 0 radical (unpaired) electrons. The molecular weight excluding hydrogens is 1250 g/mol. The monoisotopic (exact) mass is 1380 g/mol. The highest BCUT2D eigenvalue weighted by Crippen LogP contribution is 2.29. The van der Waals surface area contributed by atoms with Crippen molar-refractivity contribution in [2.24, 2.45) is 47.3 Å². The molecule has 13 atom stereocenters. The molecule has 0 aliphatic carbocycles. The highest BCUT2D eigenvalue weighted by molar-refractivity contribution is 5.99. The number of aliphatic carboxylic acids is 1. The number of nitrogens with one attached hydrogen (secondary N) is 2. The number of amides is 9. The van der Waals surface area contributed by atoms with Crippen molar-refractivity contribution in [3.8, 4) is 0 Å². The quantitative estimate of drug-likeness (QED) is 0.0342. The second kappa shape index (κ2) is 42.4. The Balaban J connectivity index is 7.05. The lowest BCUT2D eigenvalue weighted by molar-refractivity contribution is -0.157. The number of allylic oxidation sites excluding steroid dienone is 2. The Kier molecular flexibility index (Phi) is 39.6. The summed E-state index contributed by atoms with van der Waals surface area (Å²) in [5.74, 6) is -11.6. The molecule has 0 aromatic heterocycles. The van der Waals surface area contributed by atoms with Crippen LogP contribution in [0, 0.1) is 47.3 Å². The molecule has 0 saturated carbocycles. The van der Waals surface area contributed by atoms with Gasteiger partial charge in [0.15, 0.2) is 11.6 Å². The number of ether oxygens (including phenoxy) is 2. The van der Waals surface area contributed by atoms with Gasteiger partial charge in [0.1, 0.15) is 54.4 Å². The fourth-order valence-corrected chi connectivity index (χ4v) is 11.8. The van der Waals surface area contributed by atoms with Gasteiger partial charge >= 0.3 is 12.1 Å². The number of carboxylic acids is 1. The zero-order chi connectivity index (χ0) is 75.6. The SMILES string of the molecule is C/C=C/C[C@@H](C)[C@@H](O)[C@@H](C(=O)N[C@@H](CC)C(=O)N(C)CC(=O)O)N(C)C(=O)[C@H](C(C)C)N(C)C(=O)[C@H](CC(C)C)N(C)C(=O)[C@H](CC(C)C)N(C)C(=O)[C@@H](C)NC(=O)[C@H](C)CC(=O)[C@@H](CC(C)C)N(C)C(=O)[C@@H](CC(=O)[C@H]([C@H](C)OCCCCO)N(C)C(=O)OC(C)(C)C)C(C)C. The van der Waals surface area contributed by atoms with Crippen LogP contribution in [0.3, 0.4) is 0 Å². The van der Waals surface area contributed by atoms with Gasteiger partial charge in [-0.15, -0.1) is 0 Å². The van der Waals surface area contributed by atoms with Crippen LogP contribution >= 0.6 is 0 Å². The Hall–Kier alpha value is -6.54. The van der Waals surface area contributed by atoms with Crippen molar-refractivity contribution < 1.29 is 82.3 Å². The normalized spacial score (nSPS) is 16.0. The first kappa shape index (κ1) is 90.5. The van der Waals surface area contributed by atoms with Gasteiger partial charge in [-0.25, -0.2) is 4.79 Å². The van der Waals surface area contributed by atoms with E-state index >= 15 is 14.4 Å². The molecule has 0 unspecified atom stereocenters. The molecule has 0 aliphatic rings. The third kappa shape index (κ3) is 28.7. The van der Waals surface area contributed by atoms with E-state index in [-0.39, 0.29) is 69.5 Å². The molecule has 0 aliphatic heterocycles. The van der Waals surface area contributed by atoms with E-state index in [4.69, 9.17) is 9.47 Å². The van der Waals surface area contributed by atoms with Crippen molar-refractivity contribution >= 4 is 70.9 Å². The molecule has 0 heterocycles. The Morgan fingerprint density at radius 2 is 1.02 bits per heavy atom. The first-order valence-electron chi connectivity index (χ1n) is 34.6. The van der Waals surface area contributed by atoms with Crippen LogP contribution in [0.4, 0.5) is 4.79 Å². The van der Waals surface area contributed by atoms with Crippen LogP contribution in [0.5, 0.6) is 0 Å². The summed E-state index contributed by atoms with van der Waals surface area (Å²) in [4.78, 5) is 178. The number of nitrogens with zero attached hydrogens (tertiary/aromatic N) is 7. The smallest absolute Gasteiger partial charge is 0.410 e. The molecular formula is C71H127N9O17. The molecule has 0 aromatic rings. The average molecular weight is 1380 g/mol. The van der Waals surface area contributed by atoms with Crippen LogP contribution < -0.4 is 10.6 Å². The van der Waals surface area contributed by atoms with Crippen LogP contribution in [0.1, 0.15) is 189 Å². The average Bonchev–Trinajstić information content (AvgIpc) is 0.812. The van der Waals surface area contributed by atoms with Crippen molar-refractivity contribution in [3.05, 3.63) is 12.2 Å². The van der Waals surface area contributed by atoms with Gasteiger partial charge in [-0.3, -0.25) is 57.6 Å². The molecule has 9 amide bonds. The maximum Gasteiger partial charge on any atom is 0.410 e. The fourth-order valence-electron chi connectivity index (χ4n) is 11.8. The molecule has 0 aromatic carbocycles. The summed E-state index contributed by atoms with van der Waals surface area (Å²) in [6.45, 7) is 32.5. The Bertz CT molecular complexity index is 2620. The highest BCUT2D eigenvalue weighted by atomic mass is 16.6. The van der Waals surface area contributed by atoms with Gasteiger partial charge in [0, 0.05) is 87.2 Å². The number of aliphatic hydroxyl groups excluding tert-OH is 2. The van der Waals surface area contributed by atoms with Crippen LogP contribution in [-0.2, 0) is 62.2 Å². The molecule has 0 rings (SSSR count). The number of hydrogen-bond acceptors (Lipinski definition) is 16.